The number of benzene rings is 2. The molecule has 1 unspecified atom stereocenters. The Labute approximate surface area is 194 Å². The average Bonchev–Trinajstić information content (AvgIpc) is 2.76. The van der Waals surface area contributed by atoms with Crippen molar-refractivity contribution in [3.63, 3.8) is 0 Å². The standard InChI is InChI=1S/C24H25F3N4O3/c1-12(14-7-6-8-16(20(14)25)24(26,27)11-32)28-21-15-9-18-19(10-17(15)29-13(2)30-21)34-23(3,4)22(33)31(18)5/h6-10,12,32H,11H2,1-5H3,(H,28,29,30). The van der Waals surface area contributed by atoms with Crippen molar-refractivity contribution in [2.45, 2.75) is 45.3 Å². The minimum atomic E-state index is -3.71. The highest BCUT2D eigenvalue weighted by Crippen LogP contribution is 2.41. The highest BCUT2D eigenvalue weighted by Gasteiger charge is 2.40. The lowest BCUT2D eigenvalue weighted by molar-refractivity contribution is -0.132. The molecule has 0 saturated heterocycles. The zero-order valence-corrected chi connectivity index (χ0v) is 19.4. The van der Waals surface area contributed by atoms with E-state index in [1.54, 1.807) is 46.9 Å². The zero-order chi connectivity index (χ0) is 25.0. The molecule has 1 aliphatic rings. The van der Waals surface area contributed by atoms with Crippen molar-refractivity contribution in [1.82, 2.24) is 9.97 Å². The molecular weight excluding hydrogens is 449 g/mol. The van der Waals surface area contributed by atoms with Gasteiger partial charge in [-0.25, -0.2) is 14.4 Å². The molecule has 34 heavy (non-hydrogen) atoms. The van der Waals surface area contributed by atoms with E-state index in [0.717, 1.165) is 6.07 Å². The number of amides is 1. The summed E-state index contributed by atoms with van der Waals surface area (Å²) in [5.41, 5.74) is -0.854. The van der Waals surface area contributed by atoms with Crippen molar-refractivity contribution >= 4 is 28.3 Å². The molecule has 1 aliphatic heterocycles. The first-order valence-electron chi connectivity index (χ1n) is 10.7. The van der Waals surface area contributed by atoms with Gasteiger partial charge in [0.2, 0.25) is 0 Å². The van der Waals surface area contributed by atoms with Gasteiger partial charge in [-0.3, -0.25) is 4.79 Å². The number of aryl methyl sites for hydroxylation is 1. The van der Waals surface area contributed by atoms with Crippen LogP contribution < -0.4 is 15.0 Å². The van der Waals surface area contributed by atoms with Crippen molar-refractivity contribution in [1.29, 1.82) is 0 Å². The summed E-state index contributed by atoms with van der Waals surface area (Å²) in [4.78, 5) is 23.0. The molecule has 180 valence electrons. The lowest BCUT2D eigenvalue weighted by Gasteiger charge is -2.37. The quantitative estimate of drug-likeness (QED) is 0.568. The number of hydrogen-bond donors (Lipinski definition) is 2. The van der Waals surface area contributed by atoms with Gasteiger partial charge in [0.1, 0.15) is 29.8 Å². The number of alkyl halides is 2. The van der Waals surface area contributed by atoms with E-state index in [0.29, 0.717) is 34.0 Å². The van der Waals surface area contributed by atoms with Gasteiger partial charge in [-0.15, -0.1) is 0 Å². The first-order chi connectivity index (χ1) is 15.9. The number of anilines is 2. The summed E-state index contributed by atoms with van der Waals surface area (Å²) < 4.78 is 48.8. The van der Waals surface area contributed by atoms with E-state index in [2.05, 4.69) is 15.3 Å². The Morgan fingerprint density at radius 1 is 1.26 bits per heavy atom. The van der Waals surface area contributed by atoms with Gasteiger partial charge in [-0.2, -0.15) is 8.78 Å². The SMILES string of the molecule is Cc1nc(NC(C)c2cccc(C(F)(F)CO)c2F)c2cc3c(cc2n1)OC(C)(C)C(=O)N3C. The molecule has 0 fully saturated rings. The summed E-state index contributed by atoms with van der Waals surface area (Å²) in [6.07, 6.45) is 0. The number of fused-ring (bicyclic) bond motifs is 2. The first-order valence-corrected chi connectivity index (χ1v) is 10.7. The van der Waals surface area contributed by atoms with E-state index in [1.165, 1.54) is 17.0 Å². The van der Waals surface area contributed by atoms with Gasteiger partial charge in [0.15, 0.2) is 5.60 Å². The van der Waals surface area contributed by atoms with Crippen LogP contribution in [0.15, 0.2) is 30.3 Å². The fraction of sp³-hybridized carbons (Fsp3) is 0.375. The molecule has 1 amide bonds. The maximum atomic E-state index is 15.0. The summed E-state index contributed by atoms with van der Waals surface area (Å²) in [7, 11) is 1.64. The van der Waals surface area contributed by atoms with Gasteiger partial charge in [0.25, 0.3) is 11.8 Å². The van der Waals surface area contributed by atoms with Gasteiger partial charge in [-0.1, -0.05) is 12.1 Å². The molecule has 2 aromatic carbocycles. The molecule has 1 atom stereocenters. The summed E-state index contributed by atoms with van der Waals surface area (Å²) in [5.74, 6) is -3.76. The summed E-state index contributed by atoms with van der Waals surface area (Å²) in [6.45, 7) is 5.17. The molecular formula is C24H25F3N4O3. The Morgan fingerprint density at radius 2 is 1.97 bits per heavy atom. The summed E-state index contributed by atoms with van der Waals surface area (Å²) in [5, 5.41) is 12.6. The fourth-order valence-electron chi connectivity index (χ4n) is 4.08. The van der Waals surface area contributed by atoms with Crippen LogP contribution in [0.5, 0.6) is 5.75 Å². The summed E-state index contributed by atoms with van der Waals surface area (Å²) >= 11 is 0. The van der Waals surface area contributed by atoms with E-state index in [-0.39, 0.29) is 11.5 Å². The maximum absolute atomic E-state index is 15.0. The number of carbonyl (C=O) groups is 1. The van der Waals surface area contributed by atoms with Crippen molar-refractivity contribution in [3.8, 4) is 5.75 Å². The predicted octanol–water partition coefficient (Wildman–Crippen LogP) is 4.47. The van der Waals surface area contributed by atoms with Crippen LogP contribution in [-0.4, -0.2) is 40.2 Å². The predicted molar refractivity (Wildman–Crippen MR) is 122 cm³/mol. The number of nitrogens with zero attached hydrogens (tertiary/aromatic N) is 3. The van der Waals surface area contributed by atoms with E-state index in [1.807, 2.05) is 0 Å². The van der Waals surface area contributed by atoms with Crippen LogP contribution in [-0.2, 0) is 10.7 Å². The Balaban J connectivity index is 1.78. The summed E-state index contributed by atoms with van der Waals surface area (Å²) in [6, 6.07) is 6.32. The second kappa shape index (κ2) is 8.12. The van der Waals surface area contributed by atoms with E-state index in [9.17, 15) is 18.0 Å². The average molecular weight is 474 g/mol. The molecule has 10 heteroatoms. The van der Waals surface area contributed by atoms with Crippen LogP contribution in [0, 0.1) is 12.7 Å². The molecule has 0 aliphatic carbocycles. The van der Waals surface area contributed by atoms with Gasteiger partial charge in [-0.05, 0) is 39.8 Å². The third-order valence-corrected chi connectivity index (χ3v) is 5.88. The Bertz CT molecular complexity index is 1300. The van der Waals surface area contributed by atoms with Crippen molar-refractivity contribution in [2.75, 3.05) is 23.9 Å². The monoisotopic (exact) mass is 474 g/mol. The number of ether oxygens (including phenoxy) is 1. The first kappa shape index (κ1) is 23.7. The van der Waals surface area contributed by atoms with Crippen LogP contribution >= 0.6 is 0 Å². The zero-order valence-electron chi connectivity index (χ0n) is 19.4. The molecule has 4 rings (SSSR count). The van der Waals surface area contributed by atoms with Crippen molar-refractivity contribution < 1.29 is 27.8 Å². The lowest BCUT2D eigenvalue weighted by atomic mass is 10.00. The fourth-order valence-corrected chi connectivity index (χ4v) is 4.08. The van der Waals surface area contributed by atoms with Crippen LogP contribution in [0.2, 0.25) is 0 Å². The van der Waals surface area contributed by atoms with Gasteiger partial charge in [0, 0.05) is 24.1 Å². The molecule has 3 aromatic rings. The number of aliphatic hydroxyl groups is 1. The highest BCUT2D eigenvalue weighted by molar-refractivity contribution is 6.05. The maximum Gasteiger partial charge on any atom is 0.298 e. The number of nitrogens with one attached hydrogen (secondary N) is 1. The molecule has 0 saturated carbocycles. The van der Waals surface area contributed by atoms with Gasteiger partial charge >= 0.3 is 0 Å². The van der Waals surface area contributed by atoms with Crippen molar-refractivity contribution in [3.05, 3.63) is 53.1 Å². The minimum Gasteiger partial charge on any atom is -0.476 e. The van der Waals surface area contributed by atoms with Crippen LogP contribution in [0.3, 0.4) is 0 Å². The van der Waals surface area contributed by atoms with Crippen LogP contribution in [0.1, 0.15) is 43.8 Å². The minimum absolute atomic E-state index is 0.00891. The number of carbonyl (C=O) groups excluding carboxylic acids is 1. The van der Waals surface area contributed by atoms with Crippen molar-refractivity contribution in [2.24, 2.45) is 0 Å². The van der Waals surface area contributed by atoms with E-state index < -0.39 is 35.6 Å². The molecule has 2 N–H and O–H groups in total. The third kappa shape index (κ3) is 3.91. The molecule has 0 radical (unpaired) electrons. The largest absolute Gasteiger partial charge is 0.476 e. The molecule has 7 nitrogen and oxygen atoms in total. The molecule has 1 aromatic heterocycles. The number of likely N-dealkylation sites (N-methyl/N-ethyl adjacent to an activating group) is 1. The number of hydrogen-bond acceptors (Lipinski definition) is 6. The Hall–Kier alpha value is -3.40. The smallest absolute Gasteiger partial charge is 0.298 e. The highest BCUT2D eigenvalue weighted by atomic mass is 19.3. The van der Waals surface area contributed by atoms with E-state index in [4.69, 9.17) is 9.84 Å². The Kier molecular flexibility index (Phi) is 5.67. The number of aromatic nitrogens is 2. The molecule has 0 bridgehead atoms. The van der Waals surface area contributed by atoms with Crippen LogP contribution in [0.4, 0.5) is 24.7 Å². The van der Waals surface area contributed by atoms with Gasteiger partial charge < -0.3 is 20.1 Å². The van der Waals surface area contributed by atoms with Crippen LogP contribution in [0.25, 0.3) is 10.9 Å². The molecule has 2 heterocycles. The number of aliphatic hydroxyl groups excluding tert-OH is 1. The topological polar surface area (TPSA) is 87.6 Å². The molecule has 0 spiro atoms. The number of halogens is 3. The number of rotatable bonds is 5. The lowest BCUT2D eigenvalue weighted by Crippen LogP contribution is -2.50. The van der Waals surface area contributed by atoms with E-state index >= 15 is 0 Å². The second-order valence-electron chi connectivity index (χ2n) is 8.87. The Morgan fingerprint density at radius 3 is 2.65 bits per heavy atom. The van der Waals surface area contributed by atoms with Gasteiger partial charge in [0.05, 0.1) is 22.8 Å². The second-order valence-corrected chi connectivity index (χ2v) is 8.87. The third-order valence-electron chi connectivity index (χ3n) is 5.88. The normalized spacial score (nSPS) is 16.3.